The van der Waals surface area contributed by atoms with E-state index in [4.69, 9.17) is 24.3 Å². The van der Waals surface area contributed by atoms with Crippen molar-refractivity contribution >= 4 is 19.8 Å². The number of carbonyl (C=O) groups is 2. The SMILES string of the molecule is CC/C=C\C/C=C\C/C=C\C/C=C\C/C=C\C/C=C\C/C=C\C/C=C\C/C=C\C/C=C\CCCCCCCCC(=O)OC(COC(=O)CCCCCCCCCCC/C=C\C/C=C\C/C=C\C/C=C\C/C=C\C/C=C\C/C=C\C/C=C\C/C=C\CC)COP(=O)(O)OCCN. The molecular formula is C85H132NO8P. The Kier molecular flexibility index (Phi) is 72.3. The van der Waals surface area contributed by atoms with Gasteiger partial charge in [-0.2, -0.15) is 0 Å². The molecule has 0 aliphatic carbocycles. The Balaban J connectivity index is 4.03. The summed E-state index contributed by atoms with van der Waals surface area (Å²) in [5, 5.41) is 0. The molecule has 0 aromatic rings. The Labute approximate surface area is 581 Å². The van der Waals surface area contributed by atoms with Gasteiger partial charge >= 0.3 is 19.8 Å². The van der Waals surface area contributed by atoms with Crippen LogP contribution in [0.1, 0.15) is 258 Å². The molecule has 0 spiro atoms. The molecule has 0 heterocycles. The average molecular weight is 1330 g/mol. The van der Waals surface area contributed by atoms with Crippen LogP contribution in [-0.4, -0.2) is 49.3 Å². The van der Waals surface area contributed by atoms with E-state index in [9.17, 15) is 19.0 Å². The van der Waals surface area contributed by atoms with Gasteiger partial charge in [-0.05, 0) is 161 Å². The number of ether oxygens (including phenoxy) is 2. The van der Waals surface area contributed by atoms with Crippen LogP contribution >= 0.6 is 7.82 Å². The number of phosphoric acid groups is 1. The highest BCUT2D eigenvalue weighted by Crippen LogP contribution is 2.43. The van der Waals surface area contributed by atoms with Gasteiger partial charge in [0.05, 0.1) is 13.2 Å². The number of nitrogens with two attached hydrogens (primary N) is 1. The van der Waals surface area contributed by atoms with Gasteiger partial charge in [0.2, 0.25) is 0 Å². The number of allylic oxidation sites excluding steroid dienone is 38. The Hall–Kier alpha value is -5.93. The topological polar surface area (TPSA) is 134 Å². The molecule has 0 amide bonds. The quantitative estimate of drug-likeness (QED) is 0.0264. The first-order valence-corrected chi connectivity index (χ1v) is 38.4. The summed E-state index contributed by atoms with van der Waals surface area (Å²) >= 11 is 0. The van der Waals surface area contributed by atoms with Gasteiger partial charge in [0.15, 0.2) is 6.10 Å². The Morgan fingerprint density at radius 1 is 0.316 bits per heavy atom. The molecule has 9 nitrogen and oxygen atoms in total. The lowest BCUT2D eigenvalue weighted by molar-refractivity contribution is -0.161. The number of rotatable bonds is 66. The fourth-order valence-corrected chi connectivity index (χ4v) is 9.95. The van der Waals surface area contributed by atoms with Crippen molar-refractivity contribution in [3.63, 3.8) is 0 Å². The van der Waals surface area contributed by atoms with Crippen molar-refractivity contribution in [1.82, 2.24) is 0 Å². The number of hydrogen-bond acceptors (Lipinski definition) is 8. The number of esters is 2. The minimum absolute atomic E-state index is 0.0376. The predicted molar refractivity (Wildman–Crippen MR) is 412 cm³/mol. The van der Waals surface area contributed by atoms with E-state index in [1.54, 1.807) is 0 Å². The molecule has 0 aliphatic rings. The molecule has 0 radical (unpaired) electrons. The summed E-state index contributed by atoms with van der Waals surface area (Å²) in [5.41, 5.74) is 5.40. The number of phosphoric ester groups is 1. The van der Waals surface area contributed by atoms with Crippen LogP contribution in [-0.2, 0) is 32.7 Å². The molecule has 0 aliphatic heterocycles. The normalized spacial score (nSPS) is 14.3. The highest BCUT2D eigenvalue weighted by molar-refractivity contribution is 7.47. The van der Waals surface area contributed by atoms with Crippen molar-refractivity contribution in [2.75, 3.05) is 26.4 Å². The third-order valence-corrected chi connectivity index (χ3v) is 15.5. The summed E-state index contributed by atoms with van der Waals surface area (Å²) in [7, 11) is -4.42. The van der Waals surface area contributed by atoms with E-state index in [2.05, 4.69) is 245 Å². The standard InChI is InChI=1S/C85H132NO8P/c1-3-5-7-9-11-13-15-17-19-21-23-25-27-29-31-33-35-37-39-41-43-45-47-49-51-53-55-57-59-61-63-65-67-69-71-73-75-77-84(87)91-81-83(82-93-95(89,90)92-80-79-86)94-85(88)78-76-74-72-70-68-66-64-62-60-58-56-54-52-50-48-46-44-42-40-38-36-34-32-30-28-26-24-22-20-18-16-14-12-10-8-6-4-2/h5-8,11-14,17-20,23-26,29-32,35-38,41-44,47-50,53-56,60,62,83H,3-4,9-10,15-16,21-22,27-28,33-34,39-40,45-46,51-52,57-59,61,63-82,86H2,1-2H3,(H,89,90)/b7-5-,8-6-,13-11-,14-12-,19-17-,20-18-,25-23-,26-24-,31-29-,32-30-,37-35-,38-36-,43-41-,44-42-,49-47-,50-48-,55-53-,56-54-,62-60-. The molecule has 95 heavy (non-hydrogen) atoms. The maximum absolute atomic E-state index is 12.8. The van der Waals surface area contributed by atoms with Gasteiger partial charge in [-0.1, -0.05) is 315 Å². The molecule has 0 fully saturated rings. The van der Waals surface area contributed by atoms with Crippen LogP contribution in [0.4, 0.5) is 0 Å². The molecule has 10 heteroatoms. The summed E-state index contributed by atoms with van der Waals surface area (Å²) in [6.45, 7) is 3.47. The van der Waals surface area contributed by atoms with Gasteiger partial charge in [-0.15, -0.1) is 0 Å². The van der Waals surface area contributed by atoms with Crippen LogP contribution in [0, 0.1) is 0 Å². The van der Waals surface area contributed by atoms with Crippen LogP contribution in [0.15, 0.2) is 231 Å². The lowest BCUT2D eigenvalue weighted by Crippen LogP contribution is -2.29. The third kappa shape index (κ3) is 77.0. The second kappa shape index (κ2) is 77.1. The first kappa shape index (κ1) is 89.1. The largest absolute Gasteiger partial charge is 0.472 e. The fraction of sp³-hybridized carbons (Fsp3) is 0.529. The molecule has 0 aromatic carbocycles. The number of hydrogen-bond donors (Lipinski definition) is 2. The molecule has 0 rings (SSSR count). The summed E-state index contributed by atoms with van der Waals surface area (Å²) in [4.78, 5) is 35.4. The summed E-state index contributed by atoms with van der Waals surface area (Å²) in [6.07, 6.45) is 121. The maximum Gasteiger partial charge on any atom is 0.472 e. The fourth-order valence-electron chi connectivity index (χ4n) is 9.19. The summed E-state index contributed by atoms with van der Waals surface area (Å²) < 4.78 is 33.2. The van der Waals surface area contributed by atoms with E-state index in [0.717, 1.165) is 186 Å². The zero-order valence-electron chi connectivity index (χ0n) is 59.5. The van der Waals surface area contributed by atoms with Gasteiger partial charge in [-0.25, -0.2) is 4.57 Å². The van der Waals surface area contributed by atoms with E-state index in [-0.39, 0.29) is 32.6 Å². The third-order valence-electron chi connectivity index (χ3n) is 14.5. The first-order valence-electron chi connectivity index (χ1n) is 36.9. The van der Waals surface area contributed by atoms with Crippen molar-refractivity contribution in [2.45, 2.75) is 264 Å². The Bertz CT molecular complexity index is 2410. The monoisotopic (exact) mass is 1330 g/mol. The highest BCUT2D eigenvalue weighted by Gasteiger charge is 2.26. The Morgan fingerprint density at radius 2 is 0.547 bits per heavy atom. The van der Waals surface area contributed by atoms with Crippen molar-refractivity contribution < 1.29 is 37.6 Å². The highest BCUT2D eigenvalue weighted by atomic mass is 31.2. The van der Waals surface area contributed by atoms with Gasteiger partial charge in [-0.3, -0.25) is 18.6 Å². The van der Waals surface area contributed by atoms with Crippen molar-refractivity contribution in [2.24, 2.45) is 5.73 Å². The minimum atomic E-state index is -4.42. The molecular weight excluding hydrogens is 1190 g/mol. The minimum Gasteiger partial charge on any atom is -0.462 e. The van der Waals surface area contributed by atoms with E-state index in [0.29, 0.717) is 12.8 Å². The van der Waals surface area contributed by atoms with Crippen LogP contribution in [0.25, 0.3) is 0 Å². The van der Waals surface area contributed by atoms with Gasteiger partial charge < -0.3 is 20.1 Å². The van der Waals surface area contributed by atoms with E-state index >= 15 is 0 Å². The van der Waals surface area contributed by atoms with Crippen LogP contribution in [0.2, 0.25) is 0 Å². The van der Waals surface area contributed by atoms with Gasteiger partial charge in [0.1, 0.15) is 6.61 Å². The van der Waals surface area contributed by atoms with E-state index in [1.165, 1.54) is 32.1 Å². The molecule has 0 aromatic heterocycles. The predicted octanol–water partition coefficient (Wildman–Crippen LogP) is 25.0. The van der Waals surface area contributed by atoms with Gasteiger partial charge in [0.25, 0.3) is 0 Å². The van der Waals surface area contributed by atoms with Crippen LogP contribution in [0.3, 0.4) is 0 Å². The maximum atomic E-state index is 12.8. The molecule has 2 atom stereocenters. The molecule has 3 N–H and O–H groups in total. The first-order chi connectivity index (χ1) is 46.8. The number of carbonyl (C=O) groups excluding carboxylic acids is 2. The second-order valence-electron chi connectivity index (χ2n) is 23.3. The second-order valence-corrected chi connectivity index (χ2v) is 24.8. The lowest BCUT2D eigenvalue weighted by Gasteiger charge is -2.19. The molecule has 0 saturated heterocycles. The van der Waals surface area contributed by atoms with Crippen LogP contribution in [0.5, 0.6) is 0 Å². The zero-order valence-corrected chi connectivity index (χ0v) is 60.4. The zero-order chi connectivity index (χ0) is 68.6. The average Bonchev–Trinajstić information content (AvgIpc) is 2.64. The molecule has 530 valence electrons. The molecule has 0 bridgehead atoms. The number of unbranched alkanes of at least 4 members (excludes halogenated alkanes) is 15. The molecule has 0 saturated carbocycles. The van der Waals surface area contributed by atoms with E-state index in [1.807, 2.05) is 0 Å². The molecule has 2 unspecified atom stereocenters. The summed E-state index contributed by atoms with van der Waals surface area (Å²) in [6, 6.07) is 0. The Morgan fingerprint density at radius 3 is 0.811 bits per heavy atom. The van der Waals surface area contributed by atoms with Gasteiger partial charge in [0, 0.05) is 19.4 Å². The lowest BCUT2D eigenvalue weighted by atomic mass is 10.1. The van der Waals surface area contributed by atoms with Crippen LogP contribution < -0.4 is 5.73 Å². The van der Waals surface area contributed by atoms with Crippen molar-refractivity contribution in [1.29, 1.82) is 0 Å². The van der Waals surface area contributed by atoms with E-state index < -0.39 is 32.5 Å². The smallest absolute Gasteiger partial charge is 0.462 e. The van der Waals surface area contributed by atoms with Crippen molar-refractivity contribution in [3.8, 4) is 0 Å². The van der Waals surface area contributed by atoms with Crippen molar-refractivity contribution in [3.05, 3.63) is 231 Å². The summed E-state index contributed by atoms with van der Waals surface area (Å²) in [5.74, 6) is -0.868.